The average molecular weight is 1010 g/mol. The Morgan fingerprint density at radius 2 is 0.699 bits per heavy atom. The van der Waals surface area contributed by atoms with Crippen molar-refractivity contribution in [2.45, 2.75) is 24.7 Å². The molecule has 0 saturated carbocycles. The monoisotopic (exact) mass is 1010 g/mol. The van der Waals surface area contributed by atoms with Crippen LogP contribution >= 0.6 is 0 Å². The molecule has 2 aromatic heterocycles. The van der Waals surface area contributed by atoms with E-state index in [9.17, 15) is 57.1 Å². The smallest absolute Gasteiger partial charge is 0.309 e. The summed E-state index contributed by atoms with van der Waals surface area (Å²) < 4.78 is 202. The van der Waals surface area contributed by atoms with Crippen molar-refractivity contribution >= 4 is 21.8 Å². The molecule has 10 aromatic rings. The quantitative estimate of drug-likeness (QED) is 0.149. The maximum atomic E-state index is 16.0. The Kier molecular flexibility index (Phi) is 11.7. The minimum absolute atomic E-state index is 0.0390. The zero-order chi connectivity index (χ0) is 51.8. The molecule has 0 aliphatic rings. The molecule has 0 spiro atoms. The highest BCUT2D eigenvalue weighted by atomic mass is 19.4. The summed E-state index contributed by atoms with van der Waals surface area (Å²) in [6, 6.07) is 34.6. The van der Waals surface area contributed by atoms with Crippen molar-refractivity contribution < 1.29 is 61.5 Å². The summed E-state index contributed by atoms with van der Waals surface area (Å²) >= 11 is 0. The number of alkyl halides is 12. The predicted octanol–water partition coefficient (Wildman–Crippen LogP) is 17.3. The van der Waals surface area contributed by atoms with Gasteiger partial charge in [-0.2, -0.15) is 52.7 Å². The minimum Gasteiger partial charge on any atom is -0.309 e. The molecule has 0 saturated heterocycles. The van der Waals surface area contributed by atoms with Crippen LogP contribution in [0.5, 0.6) is 0 Å². The number of rotatable bonds is 7. The van der Waals surface area contributed by atoms with Crippen LogP contribution in [0.3, 0.4) is 0 Å². The van der Waals surface area contributed by atoms with Crippen molar-refractivity contribution in [1.82, 2.24) is 19.5 Å². The van der Waals surface area contributed by atoms with E-state index < -0.39 is 69.7 Å². The number of benzene rings is 8. The van der Waals surface area contributed by atoms with Gasteiger partial charge in [-0.05, 0) is 101 Å². The van der Waals surface area contributed by atoms with Crippen molar-refractivity contribution in [2.24, 2.45) is 0 Å². The fourth-order valence-corrected chi connectivity index (χ4v) is 8.61. The number of fused-ring (bicyclic) bond motifs is 3. The largest absolute Gasteiger partial charge is 0.416 e. The van der Waals surface area contributed by atoms with Crippen LogP contribution in [0.25, 0.3) is 95.0 Å². The van der Waals surface area contributed by atoms with E-state index in [2.05, 4.69) is 0 Å². The van der Waals surface area contributed by atoms with Gasteiger partial charge in [-0.25, -0.2) is 23.7 Å². The Hall–Kier alpha value is -8.41. The van der Waals surface area contributed by atoms with Gasteiger partial charge in [0.1, 0.15) is 11.6 Å². The highest BCUT2D eigenvalue weighted by molar-refractivity contribution is 6.12. The molecule has 0 fully saturated rings. The van der Waals surface area contributed by atoms with Crippen molar-refractivity contribution in [1.29, 1.82) is 0 Å². The molecule has 8 aromatic carbocycles. The summed E-state index contributed by atoms with van der Waals surface area (Å²) in [6.07, 6.45) is -20.9. The molecular formula is C55H28F14N4. The first-order valence-corrected chi connectivity index (χ1v) is 21.6. The van der Waals surface area contributed by atoms with E-state index in [0.717, 1.165) is 12.1 Å². The molecule has 0 bridgehead atoms. The van der Waals surface area contributed by atoms with Crippen LogP contribution < -0.4 is 0 Å². The van der Waals surface area contributed by atoms with Gasteiger partial charge in [-0.1, -0.05) is 84.9 Å². The maximum Gasteiger partial charge on any atom is 0.416 e. The first kappa shape index (κ1) is 48.2. The Bertz CT molecular complexity index is 3510. The van der Waals surface area contributed by atoms with E-state index in [1.165, 1.54) is 47.0 Å². The van der Waals surface area contributed by atoms with Crippen LogP contribution in [0.15, 0.2) is 170 Å². The Labute approximate surface area is 403 Å². The summed E-state index contributed by atoms with van der Waals surface area (Å²) in [5.41, 5.74) is -6.17. The van der Waals surface area contributed by atoms with E-state index in [4.69, 9.17) is 15.0 Å². The SMILES string of the molecule is Fc1ccc(-c2ccc(-c3nc(-c4ccccc4)nc(-c4ccccc4)n3)cc2-n2c3ccc(-c4cc(C(F)(F)F)cc(C(F)(F)F)c4)cc3c3cc(-c4cc(C(F)(F)F)cc(C(F)(F)F)c4)ccc32)c(F)c1. The molecule has 18 heteroatoms. The normalized spacial score (nSPS) is 12.5. The first-order valence-electron chi connectivity index (χ1n) is 21.6. The average Bonchev–Trinajstić information content (AvgIpc) is 3.68. The molecule has 0 atom stereocenters. The number of halogens is 14. The van der Waals surface area contributed by atoms with Crippen LogP contribution in [0.4, 0.5) is 61.5 Å². The summed E-state index contributed by atoms with van der Waals surface area (Å²) in [5, 5.41) is 0.0781. The van der Waals surface area contributed by atoms with Gasteiger partial charge in [0.2, 0.25) is 0 Å². The fraction of sp³-hybridized carbons (Fsp3) is 0.0727. The summed E-state index contributed by atoms with van der Waals surface area (Å²) in [5.74, 6) is -1.34. The van der Waals surface area contributed by atoms with Crippen molar-refractivity contribution in [3.05, 3.63) is 204 Å². The molecule has 10 rings (SSSR count). The van der Waals surface area contributed by atoms with Crippen molar-refractivity contribution in [2.75, 3.05) is 0 Å². The van der Waals surface area contributed by atoms with Gasteiger partial charge < -0.3 is 4.57 Å². The number of nitrogens with zero attached hydrogens (tertiary/aromatic N) is 4. The van der Waals surface area contributed by atoms with Gasteiger partial charge in [0.05, 0.1) is 39.0 Å². The number of aromatic nitrogens is 4. The Morgan fingerprint density at radius 1 is 0.315 bits per heavy atom. The van der Waals surface area contributed by atoms with Gasteiger partial charge in [-0.3, -0.25) is 0 Å². The summed E-state index contributed by atoms with van der Waals surface area (Å²) in [4.78, 5) is 14.3. The van der Waals surface area contributed by atoms with Gasteiger partial charge >= 0.3 is 24.7 Å². The molecule has 2 heterocycles. The molecule has 0 unspecified atom stereocenters. The second-order valence-corrected chi connectivity index (χ2v) is 16.8. The Balaban J connectivity index is 1.29. The standard InChI is InChI=1S/C55H28F14N4/c56-40-14-16-41(45(57)28-40)42-15-11-33(51-71-49(29-7-3-1-4-8-29)70-50(72-51)30-9-5-2-6-10-30)25-48(42)73-46-17-12-31(34-19-36(52(58,59)60)26-37(20-34)53(61,62)63)23-43(46)44-24-32(13-18-47(44)73)35-21-38(54(64,65)66)27-39(22-35)55(67,68)69/h1-28H. The molecule has 73 heavy (non-hydrogen) atoms. The third-order valence-electron chi connectivity index (χ3n) is 12.0. The molecule has 0 amide bonds. The van der Waals surface area contributed by atoms with Gasteiger partial charge in [0, 0.05) is 44.7 Å². The summed E-state index contributed by atoms with van der Waals surface area (Å²) in [6.45, 7) is 0. The predicted molar refractivity (Wildman–Crippen MR) is 247 cm³/mol. The van der Waals surface area contributed by atoms with Crippen molar-refractivity contribution in [3.63, 3.8) is 0 Å². The van der Waals surface area contributed by atoms with Crippen LogP contribution in [0, 0.1) is 11.6 Å². The van der Waals surface area contributed by atoms with Crippen LogP contribution in [-0.2, 0) is 24.7 Å². The highest BCUT2D eigenvalue weighted by Crippen LogP contribution is 2.45. The summed E-state index contributed by atoms with van der Waals surface area (Å²) in [7, 11) is 0. The lowest BCUT2D eigenvalue weighted by atomic mass is 9.96. The van der Waals surface area contributed by atoms with E-state index in [1.54, 1.807) is 72.8 Å². The van der Waals surface area contributed by atoms with Gasteiger partial charge in [0.25, 0.3) is 0 Å². The van der Waals surface area contributed by atoms with Crippen LogP contribution in [0.1, 0.15) is 22.3 Å². The lowest BCUT2D eigenvalue weighted by molar-refractivity contribution is -0.144. The van der Waals surface area contributed by atoms with E-state index >= 15 is 4.39 Å². The maximum absolute atomic E-state index is 16.0. The number of hydrogen-bond acceptors (Lipinski definition) is 3. The second-order valence-electron chi connectivity index (χ2n) is 16.8. The van der Waals surface area contributed by atoms with Crippen LogP contribution in [0.2, 0.25) is 0 Å². The molecular weight excluding hydrogens is 983 g/mol. The molecule has 366 valence electrons. The zero-order valence-electron chi connectivity index (χ0n) is 36.7. The van der Waals surface area contributed by atoms with E-state index in [1.807, 2.05) is 0 Å². The van der Waals surface area contributed by atoms with E-state index in [-0.39, 0.29) is 84.9 Å². The van der Waals surface area contributed by atoms with Gasteiger partial charge in [-0.15, -0.1) is 0 Å². The third-order valence-corrected chi connectivity index (χ3v) is 12.0. The molecule has 0 aliphatic carbocycles. The topological polar surface area (TPSA) is 43.6 Å². The highest BCUT2D eigenvalue weighted by Gasteiger charge is 2.39. The minimum atomic E-state index is -5.23. The molecule has 0 N–H and O–H groups in total. The van der Waals surface area contributed by atoms with E-state index in [0.29, 0.717) is 41.5 Å². The second kappa shape index (κ2) is 17.7. The van der Waals surface area contributed by atoms with Gasteiger partial charge in [0.15, 0.2) is 17.5 Å². The van der Waals surface area contributed by atoms with Crippen molar-refractivity contribution in [3.8, 4) is 73.2 Å². The van der Waals surface area contributed by atoms with Crippen LogP contribution in [-0.4, -0.2) is 19.5 Å². The zero-order valence-corrected chi connectivity index (χ0v) is 36.7. The fourth-order valence-electron chi connectivity index (χ4n) is 8.61. The Morgan fingerprint density at radius 3 is 1.10 bits per heavy atom. The lowest BCUT2D eigenvalue weighted by Crippen LogP contribution is -2.11. The first-order chi connectivity index (χ1) is 34.5. The molecule has 0 aliphatic heterocycles. The molecule has 0 radical (unpaired) electrons. The lowest BCUT2D eigenvalue weighted by Gasteiger charge is -2.17. The number of hydrogen-bond donors (Lipinski definition) is 0. The molecule has 4 nitrogen and oxygen atoms in total. The third kappa shape index (κ3) is 9.47.